The molecule has 22 heavy (non-hydrogen) atoms. The third kappa shape index (κ3) is 4.20. The standard InChI is InChI=1S/C15H14NO4PS/c1-22(18,19)12-21(17,15-5-3-2-4-6-15)20-14-9-7-13(11-16)8-10-14/h2-10H,12H2,1H3. The van der Waals surface area contributed by atoms with Gasteiger partial charge in [-0.3, -0.25) is 4.57 Å². The summed E-state index contributed by atoms with van der Waals surface area (Å²) in [4.78, 5) is 0. The van der Waals surface area contributed by atoms with Crippen LogP contribution in [0, 0.1) is 11.3 Å². The van der Waals surface area contributed by atoms with Gasteiger partial charge in [0.25, 0.3) is 7.37 Å². The lowest BCUT2D eigenvalue weighted by atomic mass is 10.2. The Hall–Kier alpha value is -2.09. The smallest absolute Gasteiger partial charge is 0.291 e. The van der Waals surface area contributed by atoms with Crippen LogP contribution in [-0.2, 0) is 14.4 Å². The topological polar surface area (TPSA) is 84.2 Å². The van der Waals surface area contributed by atoms with Crippen LogP contribution in [0.1, 0.15) is 5.56 Å². The average molecular weight is 335 g/mol. The molecule has 0 heterocycles. The second kappa shape index (κ2) is 6.35. The molecule has 0 aliphatic heterocycles. The minimum absolute atomic E-state index is 0.259. The van der Waals surface area contributed by atoms with Gasteiger partial charge < -0.3 is 4.52 Å². The van der Waals surface area contributed by atoms with E-state index in [1.807, 2.05) is 6.07 Å². The lowest BCUT2D eigenvalue weighted by Crippen LogP contribution is -2.17. The molecule has 0 N–H and O–H groups in total. The van der Waals surface area contributed by atoms with Gasteiger partial charge in [0.05, 0.1) is 11.6 Å². The van der Waals surface area contributed by atoms with E-state index in [1.165, 1.54) is 24.3 Å². The van der Waals surface area contributed by atoms with Crippen LogP contribution in [0.15, 0.2) is 54.6 Å². The quantitative estimate of drug-likeness (QED) is 0.784. The first-order valence-corrected chi connectivity index (χ1v) is 10.2. The third-order valence-electron chi connectivity index (χ3n) is 2.79. The molecule has 114 valence electrons. The molecule has 5 nitrogen and oxygen atoms in total. The maximum Gasteiger partial charge on any atom is 0.291 e. The first-order chi connectivity index (χ1) is 10.3. The van der Waals surface area contributed by atoms with Crippen LogP contribution >= 0.6 is 7.37 Å². The number of hydrogen-bond donors (Lipinski definition) is 0. The Morgan fingerprint density at radius 3 is 2.18 bits per heavy atom. The van der Waals surface area contributed by atoms with E-state index in [9.17, 15) is 13.0 Å². The predicted molar refractivity (Wildman–Crippen MR) is 85.2 cm³/mol. The summed E-state index contributed by atoms with van der Waals surface area (Å²) in [5, 5.41) is 9.10. The summed E-state index contributed by atoms with van der Waals surface area (Å²) < 4.78 is 41.8. The minimum Gasteiger partial charge on any atom is -0.439 e. The first-order valence-electron chi connectivity index (χ1n) is 6.35. The van der Waals surface area contributed by atoms with Crippen molar-refractivity contribution in [2.75, 3.05) is 11.7 Å². The van der Waals surface area contributed by atoms with Crippen molar-refractivity contribution in [3.63, 3.8) is 0 Å². The molecule has 0 spiro atoms. The number of benzene rings is 2. The van der Waals surface area contributed by atoms with Crippen molar-refractivity contribution < 1.29 is 17.5 Å². The summed E-state index contributed by atoms with van der Waals surface area (Å²) in [6, 6.07) is 16.2. The highest BCUT2D eigenvalue weighted by Crippen LogP contribution is 2.47. The maximum absolute atomic E-state index is 13.1. The van der Waals surface area contributed by atoms with Gasteiger partial charge in [-0.15, -0.1) is 0 Å². The van der Waals surface area contributed by atoms with Crippen molar-refractivity contribution in [2.24, 2.45) is 0 Å². The number of nitriles is 1. The van der Waals surface area contributed by atoms with Crippen molar-refractivity contribution in [3.05, 3.63) is 60.2 Å². The maximum atomic E-state index is 13.1. The number of sulfone groups is 1. The molecule has 2 aromatic rings. The molecule has 2 rings (SSSR count). The predicted octanol–water partition coefficient (Wildman–Crippen LogP) is 2.54. The summed E-state index contributed by atoms with van der Waals surface area (Å²) in [6.45, 7) is 0. The molecular weight excluding hydrogens is 321 g/mol. The average Bonchev–Trinajstić information content (AvgIpc) is 2.47. The molecular formula is C15H14NO4PS. The highest BCUT2D eigenvalue weighted by atomic mass is 32.2. The Balaban J connectivity index is 2.41. The van der Waals surface area contributed by atoms with E-state index in [1.54, 1.807) is 30.3 Å². The van der Waals surface area contributed by atoms with Gasteiger partial charge in [0, 0.05) is 11.6 Å². The van der Waals surface area contributed by atoms with Gasteiger partial charge in [0.2, 0.25) is 0 Å². The molecule has 2 aromatic carbocycles. The van der Waals surface area contributed by atoms with E-state index < -0.39 is 22.7 Å². The Morgan fingerprint density at radius 1 is 1.09 bits per heavy atom. The molecule has 0 aliphatic rings. The van der Waals surface area contributed by atoms with E-state index in [-0.39, 0.29) is 5.75 Å². The molecule has 0 aliphatic carbocycles. The van der Waals surface area contributed by atoms with Gasteiger partial charge in [-0.1, -0.05) is 18.2 Å². The molecule has 1 atom stereocenters. The molecule has 7 heteroatoms. The van der Waals surface area contributed by atoms with E-state index in [4.69, 9.17) is 9.79 Å². The Morgan fingerprint density at radius 2 is 1.68 bits per heavy atom. The molecule has 0 fully saturated rings. The van der Waals surface area contributed by atoms with E-state index in [2.05, 4.69) is 0 Å². The van der Waals surface area contributed by atoms with E-state index >= 15 is 0 Å². The van der Waals surface area contributed by atoms with Gasteiger partial charge in [-0.2, -0.15) is 5.26 Å². The van der Waals surface area contributed by atoms with Crippen LogP contribution in [0.4, 0.5) is 0 Å². The summed E-state index contributed by atoms with van der Waals surface area (Å²) in [7, 11) is -7.11. The van der Waals surface area contributed by atoms with Gasteiger partial charge in [-0.05, 0) is 36.4 Å². The number of nitrogens with zero attached hydrogens (tertiary/aromatic N) is 1. The lowest BCUT2D eigenvalue weighted by molar-refractivity contribution is 0.496. The second-order valence-corrected chi connectivity index (χ2v) is 9.72. The SMILES string of the molecule is CS(=O)(=O)CP(=O)(Oc1ccc(C#N)cc1)c1ccccc1. The van der Waals surface area contributed by atoms with Crippen LogP contribution in [0.25, 0.3) is 0 Å². The van der Waals surface area contributed by atoms with Crippen molar-refractivity contribution in [1.29, 1.82) is 5.26 Å². The van der Waals surface area contributed by atoms with Crippen LogP contribution < -0.4 is 9.83 Å². The highest BCUT2D eigenvalue weighted by molar-refractivity contribution is 7.99. The fraction of sp³-hybridized carbons (Fsp3) is 0.133. The Labute approximate surface area is 129 Å². The first kappa shape index (κ1) is 16.3. The summed E-state index contributed by atoms with van der Waals surface area (Å²) in [5.74, 6) is 0.259. The van der Waals surface area contributed by atoms with Crippen molar-refractivity contribution in [2.45, 2.75) is 0 Å². The van der Waals surface area contributed by atoms with Crippen LogP contribution in [-0.4, -0.2) is 20.2 Å². The fourth-order valence-corrected chi connectivity index (χ4v) is 6.35. The summed E-state index contributed by atoms with van der Waals surface area (Å²) in [5.41, 5.74) is -0.144. The molecule has 1 unspecified atom stereocenters. The highest BCUT2D eigenvalue weighted by Gasteiger charge is 2.32. The monoisotopic (exact) mass is 335 g/mol. The van der Waals surface area contributed by atoms with Crippen LogP contribution in [0.5, 0.6) is 5.75 Å². The Bertz CT molecular complexity index is 839. The van der Waals surface area contributed by atoms with Gasteiger partial charge in [0.1, 0.15) is 11.2 Å². The fourth-order valence-electron chi connectivity index (χ4n) is 1.88. The van der Waals surface area contributed by atoms with E-state index in [0.29, 0.717) is 10.9 Å². The zero-order valence-corrected chi connectivity index (χ0v) is 13.5. The zero-order chi connectivity index (χ0) is 16.2. The largest absolute Gasteiger partial charge is 0.439 e. The van der Waals surface area contributed by atoms with Crippen LogP contribution in [0.2, 0.25) is 0 Å². The summed E-state index contributed by atoms with van der Waals surface area (Å²) >= 11 is 0. The zero-order valence-electron chi connectivity index (χ0n) is 11.8. The summed E-state index contributed by atoms with van der Waals surface area (Å²) in [6.07, 6.45) is 1.02. The normalized spacial score (nSPS) is 13.8. The van der Waals surface area contributed by atoms with Crippen LogP contribution in [0.3, 0.4) is 0 Å². The van der Waals surface area contributed by atoms with Crippen molar-refractivity contribution in [3.8, 4) is 11.8 Å². The molecule has 0 bridgehead atoms. The second-order valence-electron chi connectivity index (χ2n) is 4.79. The number of hydrogen-bond acceptors (Lipinski definition) is 5. The van der Waals surface area contributed by atoms with Crippen molar-refractivity contribution >= 4 is 22.5 Å². The van der Waals surface area contributed by atoms with E-state index in [0.717, 1.165) is 6.26 Å². The lowest BCUT2D eigenvalue weighted by Gasteiger charge is -2.19. The van der Waals surface area contributed by atoms with Gasteiger partial charge >= 0.3 is 0 Å². The van der Waals surface area contributed by atoms with Gasteiger partial charge in [-0.25, -0.2) is 8.42 Å². The molecule has 0 saturated carbocycles. The van der Waals surface area contributed by atoms with Gasteiger partial charge in [0.15, 0.2) is 9.84 Å². The molecule has 0 radical (unpaired) electrons. The molecule has 0 saturated heterocycles. The molecule has 0 aromatic heterocycles. The number of rotatable bonds is 5. The van der Waals surface area contributed by atoms with Crippen molar-refractivity contribution in [1.82, 2.24) is 0 Å². The molecule has 0 amide bonds. The Kier molecular flexibility index (Phi) is 4.70. The minimum atomic E-state index is -3.61. The third-order valence-corrected chi connectivity index (χ3v) is 7.62.